The molecule has 0 bridgehead atoms. The number of hydrogen-bond donors (Lipinski definition) is 0. The molecule has 0 aliphatic carbocycles. The van der Waals surface area contributed by atoms with E-state index < -0.39 is 0 Å². The van der Waals surface area contributed by atoms with Gasteiger partial charge in [0.15, 0.2) is 0 Å². The van der Waals surface area contributed by atoms with Gasteiger partial charge in [-0.1, -0.05) is 30.3 Å². The lowest BCUT2D eigenvalue weighted by molar-refractivity contribution is -0.136. The second-order valence-corrected chi connectivity index (χ2v) is 7.27. The van der Waals surface area contributed by atoms with Gasteiger partial charge in [-0.3, -0.25) is 9.59 Å². The third-order valence-corrected chi connectivity index (χ3v) is 5.46. The van der Waals surface area contributed by atoms with Gasteiger partial charge in [-0.25, -0.2) is 0 Å². The first-order valence-corrected chi connectivity index (χ1v) is 9.35. The summed E-state index contributed by atoms with van der Waals surface area (Å²) in [4.78, 5) is 29.1. The largest absolute Gasteiger partial charge is 0.467 e. The van der Waals surface area contributed by atoms with E-state index in [0.29, 0.717) is 19.5 Å². The SMILES string of the molecule is O=C1CC(C(=O)N2CCCC2Cc2ccccc2)CN1Cc1ccco1. The lowest BCUT2D eigenvalue weighted by atomic mass is 10.0. The van der Waals surface area contributed by atoms with Crippen LogP contribution in [0.2, 0.25) is 0 Å². The number of furan rings is 1. The van der Waals surface area contributed by atoms with E-state index in [2.05, 4.69) is 12.1 Å². The highest BCUT2D eigenvalue weighted by atomic mass is 16.3. The molecule has 136 valence electrons. The molecule has 2 saturated heterocycles. The molecule has 4 rings (SSSR count). The Morgan fingerprint density at radius 3 is 2.77 bits per heavy atom. The summed E-state index contributed by atoms with van der Waals surface area (Å²) < 4.78 is 5.33. The van der Waals surface area contributed by atoms with Crippen LogP contribution in [-0.2, 0) is 22.6 Å². The molecule has 0 N–H and O–H groups in total. The number of carbonyl (C=O) groups is 2. The number of carbonyl (C=O) groups excluding carboxylic acids is 2. The predicted octanol–water partition coefficient (Wildman–Crippen LogP) is 2.86. The summed E-state index contributed by atoms with van der Waals surface area (Å²) in [5.74, 6) is 0.709. The van der Waals surface area contributed by atoms with Gasteiger partial charge in [-0.2, -0.15) is 0 Å². The number of hydrogen-bond acceptors (Lipinski definition) is 3. The highest BCUT2D eigenvalue weighted by molar-refractivity contribution is 5.89. The molecule has 2 aliphatic rings. The van der Waals surface area contributed by atoms with Gasteiger partial charge >= 0.3 is 0 Å². The first-order chi connectivity index (χ1) is 12.7. The molecule has 2 atom stereocenters. The van der Waals surface area contributed by atoms with Crippen molar-refractivity contribution in [2.45, 2.75) is 38.3 Å². The minimum atomic E-state index is -0.228. The molecule has 2 unspecified atom stereocenters. The highest BCUT2D eigenvalue weighted by Crippen LogP contribution is 2.28. The molecule has 2 aliphatic heterocycles. The van der Waals surface area contributed by atoms with Crippen molar-refractivity contribution in [2.24, 2.45) is 5.92 Å². The molecule has 0 saturated carbocycles. The maximum Gasteiger partial charge on any atom is 0.228 e. The average molecular weight is 352 g/mol. The molecule has 1 aromatic carbocycles. The summed E-state index contributed by atoms with van der Waals surface area (Å²) >= 11 is 0. The highest BCUT2D eigenvalue weighted by Gasteiger charge is 2.39. The van der Waals surface area contributed by atoms with Crippen LogP contribution in [0.15, 0.2) is 53.1 Å². The third kappa shape index (κ3) is 3.52. The normalized spacial score (nSPS) is 23.0. The lowest BCUT2D eigenvalue weighted by Crippen LogP contribution is -2.41. The zero-order chi connectivity index (χ0) is 17.9. The summed E-state index contributed by atoms with van der Waals surface area (Å²) in [6.07, 6.45) is 4.89. The average Bonchev–Trinajstić information content (AvgIpc) is 3.38. The van der Waals surface area contributed by atoms with Gasteiger partial charge in [-0.15, -0.1) is 0 Å². The van der Waals surface area contributed by atoms with Crippen LogP contribution >= 0.6 is 0 Å². The second kappa shape index (κ2) is 7.36. The molecule has 5 nitrogen and oxygen atoms in total. The molecular formula is C21H24N2O3. The Morgan fingerprint density at radius 2 is 2.00 bits per heavy atom. The summed E-state index contributed by atoms with van der Waals surface area (Å²) in [5, 5.41) is 0. The van der Waals surface area contributed by atoms with E-state index in [1.54, 1.807) is 11.2 Å². The van der Waals surface area contributed by atoms with Gasteiger partial charge in [-0.05, 0) is 37.0 Å². The standard InChI is InChI=1S/C21H24N2O3/c24-20-13-17(14-22(20)15-19-9-5-11-26-19)21(25)23-10-4-8-18(23)12-16-6-2-1-3-7-16/h1-3,5-7,9,11,17-18H,4,8,10,12-15H2. The number of nitrogens with zero attached hydrogens (tertiary/aromatic N) is 2. The number of benzene rings is 1. The first kappa shape index (κ1) is 16.9. The Hall–Kier alpha value is -2.56. The molecule has 0 radical (unpaired) electrons. The molecular weight excluding hydrogens is 328 g/mol. The Kier molecular flexibility index (Phi) is 4.78. The Bertz CT molecular complexity index is 757. The van der Waals surface area contributed by atoms with Crippen LogP contribution in [0.4, 0.5) is 0 Å². The van der Waals surface area contributed by atoms with E-state index in [-0.39, 0.29) is 23.8 Å². The number of rotatable bonds is 5. The zero-order valence-electron chi connectivity index (χ0n) is 14.8. The summed E-state index contributed by atoms with van der Waals surface area (Å²) in [6.45, 7) is 1.75. The molecule has 2 fully saturated rings. The van der Waals surface area contributed by atoms with Gasteiger partial charge in [0.05, 0.1) is 18.7 Å². The first-order valence-electron chi connectivity index (χ1n) is 9.35. The monoisotopic (exact) mass is 352 g/mol. The smallest absolute Gasteiger partial charge is 0.228 e. The molecule has 2 amide bonds. The van der Waals surface area contributed by atoms with Crippen molar-refractivity contribution in [3.8, 4) is 0 Å². The van der Waals surface area contributed by atoms with Crippen LogP contribution < -0.4 is 0 Å². The van der Waals surface area contributed by atoms with E-state index in [1.165, 1.54) is 5.56 Å². The van der Waals surface area contributed by atoms with Crippen molar-refractivity contribution in [2.75, 3.05) is 13.1 Å². The van der Waals surface area contributed by atoms with E-state index in [4.69, 9.17) is 4.42 Å². The fraction of sp³-hybridized carbons (Fsp3) is 0.429. The van der Waals surface area contributed by atoms with Crippen molar-refractivity contribution < 1.29 is 14.0 Å². The molecule has 1 aromatic heterocycles. The topological polar surface area (TPSA) is 53.8 Å². The van der Waals surface area contributed by atoms with Crippen LogP contribution in [-0.4, -0.2) is 40.7 Å². The van der Waals surface area contributed by atoms with E-state index in [1.807, 2.05) is 35.2 Å². The quantitative estimate of drug-likeness (QED) is 0.831. The van der Waals surface area contributed by atoms with Gasteiger partial charge < -0.3 is 14.2 Å². The summed E-state index contributed by atoms with van der Waals surface area (Å²) in [5.41, 5.74) is 1.26. The summed E-state index contributed by atoms with van der Waals surface area (Å²) in [7, 11) is 0. The fourth-order valence-electron chi connectivity index (χ4n) is 4.14. The third-order valence-electron chi connectivity index (χ3n) is 5.46. The van der Waals surface area contributed by atoms with Gasteiger partial charge in [0.25, 0.3) is 0 Å². The van der Waals surface area contributed by atoms with E-state index in [0.717, 1.165) is 31.6 Å². The van der Waals surface area contributed by atoms with Gasteiger partial charge in [0, 0.05) is 25.6 Å². The van der Waals surface area contributed by atoms with Crippen molar-refractivity contribution in [1.82, 2.24) is 9.80 Å². The fourth-order valence-corrected chi connectivity index (χ4v) is 4.14. The minimum absolute atomic E-state index is 0.0403. The molecule has 0 spiro atoms. The van der Waals surface area contributed by atoms with Crippen molar-refractivity contribution in [3.63, 3.8) is 0 Å². The Morgan fingerprint density at radius 1 is 1.15 bits per heavy atom. The van der Waals surface area contributed by atoms with Crippen molar-refractivity contribution in [3.05, 3.63) is 60.1 Å². The maximum absolute atomic E-state index is 13.1. The minimum Gasteiger partial charge on any atom is -0.467 e. The van der Waals surface area contributed by atoms with Crippen molar-refractivity contribution in [1.29, 1.82) is 0 Å². The van der Waals surface area contributed by atoms with Gasteiger partial charge in [0.1, 0.15) is 5.76 Å². The zero-order valence-corrected chi connectivity index (χ0v) is 14.8. The lowest BCUT2D eigenvalue weighted by Gasteiger charge is -2.27. The molecule has 3 heterocycles. The van der Waals surface area contributed by atoms with Crippen molar-refractivity contribution >= 4 is 11.8 Å². The molecule has 5 heteroatoms. The number of likely N-dealkylation sites (tertiary alicyclic amines) is 2. The molecule has 2 aromatic rings. The van der Waals surface area contributed by atoms with Crippen LogP contribution in [0, 0.1) is 5.92 Å². The van der Waals surface area contributed by atoms with Crippen LogP contribution in [0.1, 0.15) is 30.6 Å². The van der Waals surface area contributed by atoms with Crippen LogP contribution in [0.3, 0.4) is 0 Å². The summed E-state index contributed by atoms with van der Waals surface area (Å²) in [6, 6.07) is 14.3. The maximum atomic E-state index is 13.1. The van der Waals surface area contributed by atoms with E-state index >= 15 is 0 Å². The van der Waals surface area contributed by atoms with Gasteiger partial charge in [0.2, 0.25) is 11.8 Å². The Labute approximate surface area is 153 Å². The number of amides is 2. The van der Waals surface area contributed by atoms with Crippen LogP contribution in [0.5, 0.6) is 0 Å². The second-order valence-electron chi connectivity index (χ2n) is 7.27. The van der Waals surface area contributed by atoms with Crippen LogP contribution in [0.25, 0.3) is 0 Å². The van der Waals surface area contributed by atoms with E-state index in [9.17, 15) is 9.59 Å². The predicted molar refractivity (Wildman–Crippen MR) is 97.1 cm³/mol. The molecule has 26 heavy (non-hydrogen) atoms. The Balaban J connectivity index is 1.39.